The second-order valence-electron chi connectivity index (χ2n) is 10.2. The Hall–Kier alpha value is -3.49. The first-order valence-electron chi connectivity index (χ1n) is 13.5. The molecule has 0 spiro atoms. The maximum absolute atomic E-state index is 13.1. The normalized spacial score (nSPS) is 19.5. The van der Waals surface area contributed by atoms with Crippen molar-refractivity contribution >= 4 is 28.4 Å². The van der Waals surface area contributed by atoms with Gasteiger partial charge in [-0.1, -0.05) is 30.3 Å². The summed E-state index contributed by atoms with van der Waals surface area (Å²) in [6.07, 6.45) is 5.74. The number of amides is 1. The van der Waals surface area contributed by atoms with Gasteiger partial charge in [0, 0.05) is 71.3 Å². The smallest absolute Gasteiger partial charge is 0.224 e. The quantitative estimate of drug-likeness (QED) is 0.423. The van der Waals surface area contributed by atoms with Crippen LogP contribution in [0.25, 0.3) is 16.7 Å². The summed E-state index contributed by atoms with van der Waals surface area (Å²) < 4.78 is 2.15. The Labute approximate surface area is 217 Å². The molecule has 1 atom stereocenters. The summed E-state index contributed by atoms with van der Waals surface area (Å²) >= 11 is 0. The number of piperazine rings is 1. The van der Waals surface area contributed by atoms with Gasteiger partial charge in [0.1, 0.15) is 0 Å². The van der Waals surface area contributed by atoms with Crippen molar-refractivity contribution in [3.8, 4) is 0 Å². The summed E-state index contributed by atoms with van der Waals surface area (Å²) in [7, 11) is 0. The molecule has 0 radical (unpaired) electrons. The molecule has 8 nitrogen and oxygen atoms in total. The van der Waals surface area contributed by atoms with E-state index in [1.54, 1.807) is 6.20 Å². The van der Waals surface area contributed by atoms with Gasteiger partial charge in [0.2, 0.25) is 5.91 Å². The molecule has 8 heteroatoms. The minimum absolute atomic E-state index is 0.0206. The Morgan fingerprint density at radius 1 is 0.919 bits per heavy atom. The summed E-state index contributed by atoms with van der Waals surface area (Å²) in [6.45, 7) is 8.47. The van der Waals surface area contributed by atoms with Crippen LogP contribution in [0.5, 0.6) is 0 Å². The lowest BCUT2D eigenvalue weighted by atomic mass is 9.97. The van der Waals surface area contributed by atoms with Crippen LogP contribution in [0.1, 0.15) is 18.4 Å². The first kappa shape index (κ1) is 23.9. The molecule has 0 saturated carbocycles. The second-order valence-corrected chi connectivity index (χ2v) is 10.2. The molecule has 37 heavy (non-hydrogen) atoms. The zero-order valence-electron chi connectivity index (χ0n) is 21.3. The highest BCUT2D eigenvalue weighted by atomic mass is 16.1. The largest absolute Gasteiger partial charge is 0.355 e. The molecule has 4 aromatic rings. The molecule has 1 N–H and O–H groups in total. The van der Waals surface area contributed by atoms with Crippen LogP contribution in [0.2, 0.25) is 0 Å². The van der Waals surface area contributed by atoms with Gasteiger partial charge in [-0.2, -0.15) is 0 Å². The average molecular weight is 498 g/mol. The van der Waals surface area contributed by atoms with Crippen LogP contribution in [0.4, 0.5) is 5.82 Å². The number of fused-ring (bicyclic) bond motifs is 3. The Morgan fingerprint density at radius 2 is 1.73 bits per heavy atom. The van der Waals surface area contributed by atoms with Crippen LogP contribution in [-0.4, -0.2) is 82.4 Å². The lowest BCUT2D eigenvalue weighted by Crippen LogP contribution is -2.49. The Bertz CT molecular complexity index is 1350. The van der Waals surface area contributed by atoms with Gasteiger partial charge in [0.15, 0.2) is 11.5 Å². The number of nitrogens with one attached hydrogen (secondary N) is 1. The standard InChI is InChI=1S/C29H35N7O/c37-29(31-13-16-33-17-19-34(20-18-33)21-23-7-2-1-3-8-23)24-9-5-14-35(22-24)28-26-11-6-15-36(26)25-10-4-12-30-27(25)32-28/h1-4,6-8,10-12,15,24H,5,9,13-14,16-22H2,(H,31,37). The maximum Gasteiger partial charge on any atom is 0.224 e. The fraction of sp³-hybridized carbons (Fsp3) is 0.414. The molecule has 2 aliphatic rings. The minimum Gasteiger partial charge on any atom is -0.355 e. The number of piperidine rings is 1. The summed E-state index contributed by atoms with van der Waals surface area (Å²) in [5, 5.41) is 3.23. The predicted octanol–water partition coefficient (Wildman–Crippen LogP) is 3.03. The van der Waals surface area contributed by atoms with Crippen molar-refractivity contribution in [3.05, 3.63) is 72.6 Å². The lowest BCUT2D eigenvalue weighted by Gasteiger charge is -2.35. The fourth-order valence-corrected chi connectivity index (χ4v) is 5.70. The Balaban J connectivity index is 1.01. The summed E-state index contributed by atoms with van der Waals surface area (Å²) in [5.74, 6) is 1.06. The van der Waals surface area contributed by atoms with Crippen LogP contribution < -0.4 is 10.2 Å². The first-order chi connectivity index (χ1) is 18.2. The van der Waals surface area contributed by atoms with Crippen molar-refractivity contribution in [3.63, 3.8) is 0 Å². The number of nitrogens with zero attached hydrogens (tertiary/aromatic N) is 6. The van der Waals surface area contributed by atoms with E-state index in [1.807, 2.05) is 18.2 Å². The molecule has 0 aliphatic carbocycles. The molecule has 1 unspecified atom stereocenters. The van der Waals surface area contributed by atoms with Crippen molar-refractivity contribution in [2.75, 3.05) is 57.3 Å². The van der Waals surface area contributed by atoms with Crippen LogP contribution >= 0.6 is 0 Å². The number of hydrogen-bond donors (Lipinski definition) is 1. The highest BCUT2D eigenvalue weighted by Crippen LogP contribution is 2.28. The molecular formula is C29H35N7O. The third-order valence-electron chi connectivity index (χ3n) is 7.75. The summed E-state index contributed by atoms with van der Waals surface area (Å²) in [4.78, 5) is 29.7. The van der Waals surface area contributed by atoms with E-state index in [9.17, 15) is 4.79 Å². The van der Waals surface area contributed by atoms with E-state index in [4.69, 9.17) is 4.98 Å². The number of pyridine rings is 1. The van der Waals surface area contributed by atoms with Gasteiger partial charge >= 0.3 is 0 Å². The van der Waals surface area contributed by atoms with Crippen molar-refractivity contribution in [1.82, 2.24) is 29.5 Å². The number of benzene rings is 1. The SMILES string of the molecule is O=C(NCCN1CCN(Cc2ccccc2)CC1)C1CCCN(c2nc3ncccc3n3cccc23)C1. The predicted molar refractivity (Wildman–Crippen MR) is 147 cm³/mol. The molecular weight excluding hydrogens is 462 g/mol. The van der Waals surface area contributed by atoms with Gasteiger partial charge in [-0.15, -0.1) is 0 Å². The van der Waals surface area contributed by atoms with Crippen LogP contribution in [0.3, 0.4) is 0 Å². The van der Waals surface area contributed by atoms with E-state index < -0.39 is 0 Å². The number of hydrogen-bond acceptors (Lipinski definition) is 6. The van der Waals surface area contributed by atoms with Gasteiger partial charge < -0.3 is 14.6 Å². The number of anilines is 1. The molecule has 192 valence electrons. The van der Waals surface area contributed by atoms with E-state index in [0.29, 0.717) is 13.1 Å². The van der Waals surface area contributed by atoms with E-state index in [0.717, 1.165) is 81.2 Å². The number of carbonyl (C=O) groups is 1. The first-order valence-corrected chi connectivity index (χ1v) is 13.5. The monoisotopic (exact) mass is 497 g/mol. The van der Waals surface area contributed by atoms with Crippen molar-refractivity contribution < 1.29 is 4.79 Å². The van der Waals surface area contributed by atoms with E-state index in [-0.39, 0.29) is 11.8 Å². The van der Waals surface area contributed by atoms with Crippen molar-refractivity contribution in [2.24, 2.45) is 5.92 Å². The number of aromatic nitrogens is 3. The van der Waals surface area contributed by atoms with Crippen molar-refractivity contribution in [1.29, 1.82) is 0 Å². The van der Waals surface area contributed by atoms with Crippen LogP contribution in [0, 0.1) is 5.92 Å². The number of rotatable bonds is 7. The van der Waals surface area contributed by atoms with E-state index in [1.165, 1.54) is 5.56 Å². The molecule has 3 aromatic heterocycles. The van der Waals surface area contributed by atoms with Crippen LogP contribution in [-0.2, 0) is 11.3 Å². The zero-order chi connectivity index (χ0) is 25.0. The molecule has 6 rings (SSSR count). The van der Waals surface area contributed by atoms with Gasteiger partial charge in [-0.05, 0) is 42.7 Å². The molecule has 1 aromatic carbocycles. The minimum atomic E-state index is -0.0206. The summed E-state index contributed by atoms with van der Waals surface area (Å²) in [5.41, 5.74) is 4.17. The molecule has 2 saturated heterocycles. The summed E-state index contributed by atoms with van der Waals surface area (Å²) in [6, 6.07) is 18.8. The van der Waals surface area contributed by atoms with Gasteiger partial charge in [-0.25, -0.2) is 9.97 Å². The third-order valence-corrected chi connectivity index (χ3v) is 7.75. The lowest BCUT2D eigenvalue weighted by molar-refractivity contribution is -0.125. The van der Waals surface area contributed by atoms with Gasteiger partial charge in [-0.3, -0.25) is 14.6 Å². The van der Waals surface area contributed by atoms with E-state index in [2.05, 4.69) is 72.0 Å². The molecule has 1 amide bonds. The zero-order valence-corrected chi connectivity index (χ0v) is 21.3. The molecule has 2 aliphatic heterocycles. The van der Waals surface area contributed by atoms with Gasteiger partial charge in [0.05, 0.1) is 17.0 Å². The van der Waals surface area contributed by atoms with E-state index >= 15 is 0 Å². The third kappa shape index (κ3) is 5.31. The molecule has 2 fully saturated rings. The highest BCUT2D eigenvalue weighted by Gasteiger charge is 2.28. The maximum atomic E-state index is 13.1. The van der Waals surface area contributed by atoms with Gasteiger partial charge in [0.25, 0.3) is 0 Å². The number of carbonyl (C=O) groups excluding carboxylic acids is 1. The highest BCUT2D eigenvalue weighted by molar-refractivity contribution is 5.84. The Morgan fingerprint density at radius 3 is 2.59 bits per heavy atom. The average Bonchev–Trinajstić information content (AvgIpc) is 3.45. The fourth-order valence-electron chi connectivity index (χ4n) is 5.70. The Kier molecular flexibility index (Phi) is 7.01. The van der Waals surface area contributed by atoms with Crippen LogP contribution in [0.15, 0.2) is 67.0 Å². The van der Waals surface area contributed by atoms with Crippen molar-refractivity contribution in [2.45, 2.75) is 19.4 Å². The molecule has 5 heterocycles. The second kappa shape index (κ2) is 10.9. The molecule has 0 bridgehead atoms. The topological polar surface area (TPSA) is 69.0 Å².